The minimum atomic E-state index is -1.07. The van der Waals surface area contributed by atoms with Crippen molar-refractivity contribution < 1.29 is 14.3 Å². The van der Waals surface area contributed by atoms with Crippen LogP contribution in [0.4, 0.5) is 4.39 Å². The second-order valence-electron chi connectivity index (χ2n) is 5.91. The van der Waals surface area contributed by atoms with E-state index in [4.69, 9.17) is 0 Å². The molecule has 0 radical (unpaired) electrons. The Labute approximate surface area is 134 Å². The summed E-state index contributed by atoms with van der Waals surface area (Å²) in [5.74, 6) is -0.263. The zero-order valence-electron chi connectivity index (χ0n) is 13.0. The van der Waals surface area contributed by atoms with Gasteiger partial charge in [-0.25, -0.2) is 4.39 Å². The van der Waals surface area contributed by atoms with Gasteiger partial charge in [0, 0.05) is 12.1 Å². The molecule has 23 heavy (non-hydrogen) atoms. The van der Waals surface area contributed by atoms with Crippen molar-refractivity contribution in [2.75, 3.05) is 13.2 Å². The molecule has 0 saturated carbocycles. The van der Waals surface area contributed by atoms with Gasteiger partial charge in [0.15, 0.2) is 0 Å². The first-order valence-corrected chi connectivity index (χ1v) is 7.72. The highest BCUT2D eigenvalue weighted by atomic mass is 19.1. The van der Waals surface area contributed by atoms with E-state index in [0.29, 0.717) is 12.1 Å². The molecule has 1 fully saturated rings. The SMILES string of the molecule is Cc1c(C(=O)N2C[C@@H](F)C[C@H]2CO)cnn1Cc1ccccc1. The Morgan fingerprint density at radius 2 is 2.13 bits per heavy atom. The fourth-order valence-corrected chi connectivity index (χ4v) is 3.01. The van der Waals surface area contributed by atoms with Crippen molar-refractivity contribution in [2.24, 2.45) is 0 Å². The van der Waals surface area contributed by atoms with Gasteiger partial charge in [0.1, 0.15) is 6.17 Å². The molecule has 1 aromatic carbocycles. The Bertz CT molecular complexity index is 686. The van der Waals surface area contributed by atoms with E-state index in [-0.39, 0.29) is 25.5 Å². The van der Waals surface area contributed by atoms with Gasteiger partial charge >= 0.3 is 0 Å². The summed E-state index contributed by atoms with van der Waals surface area (Å²) in [5, 5.41) is 13.6. The van der Waals surface area contributed by atoms with Crippen LogP contribution in [0.2, 0.25) is 0 Å². The quantitative estimate of drug-likeness (QED) is 0.935. The average Bonchev–Trinajstić information content (AvgIpc) is 3.11. The second kappa shape index (κ2) is 6.50. The van der Waals surface area contributed by atoms with Gasteiger partial charge in [0.25, 0.3) is 5.91 Å². The van der Waals surface area contributed by atoms with Crippen LogP contribution in [-0.2, 0) is 6.54 Å². The number of amides is 1. The number of rotatable bonds is 4. The third-order valence-corrected chi connectivity index (χ3v) is 4.34. The highest BCUT2D eigenvalue weighted by molar-refractivity contribution is 5.95. The maximum atomic E-state index is 13.6. The van der Waals surface area contributed by atoms with Crippen LogP contribution in [0.5, 0.6) is 0 Å². The minimum Gasteiger partial charge on any atom is -0.394 e. The van der Waals surface area contributed by atoms with Crippen LogP contribution in [0.25, 0.3) is 0 Å². The summed E-state index contributed by atoms with van der Waals surface area (Å²) < 4.78 is 15.3. The Morgan fingerprint density at radius 3 is 2.83 bits per heavy atom. The van der Waals surface area contributed by atoms with Crippen LogP contribution in [0.1, 0.15) is 28.0 Å². The lowest BCUT2D eigenvalue weighted by Crippen LogP contribution is -2.38. The first-order chi connectivity index (χ1) is 11.1. The summed E-state index contributed by atoms with van der Waals surface area (Å²) in [5.41, 5.74) is 2.31. The van der Waals surface area contributed by atoms with Gasteiger partial charge in [-0.3, -0.25) is 9.48 Å². The zero-order chi connectivity index (χ0) is 16.4. The molecule has 0 spiro atoms. The van der Waals surface area contributed by atoms with Gasteiger partial charge in [0.05, 0.1) is 37.5 Å². The largest absolute Gasteiger partial charge is 0.394 e. The van der Waals surface area contributed by atoms with E-state index in [1.807, 2.05) is 37.3 Å². The van der Waals surface area contributed by atoms with E-state index in [1.54, 1.807) is 4.68 Å². The van der Waals surface area contributed by atoms with E-state index in [1.165, 1.54) is 11.1 Å². The third kappa shape index (κ3) is 3.12. The molecule has 122 valence electrons. The molecule has 0 unspecified atom stereocenters. The van der Waals surface area contributed by atoms with Crippen LogP contribution in [-0.4, -0.2) is 51.1 Å². The number of aromatic nitrogens is 2. The number of benzene rings is 1. The molecule has 6 heteroatoms. The fourth-order valence-electron chi connectivity index (χ4n) is 3.01. The molecule has 1 aliphatic heterocycles. The number of hydrogen-bond acceptors (Lipinski definition) is 3. The second-order valence-corrected chi connectivity index (χ2v) is 5.91. The lowest BCUT2D eigenvalue weighted by Gasteiger charge is -2.22. The molecule has 5 nitrogen and oxygen atoms in total. The zero-order valence-corrected chi connectivity index (χ0v) is 13.0. The van der Waals surface area contributed by atoms with Gasteiger partial charge in [-0.2, -0.15) is 5.10 Å². The van der Waals surface area contributed by atoms with Crippen molar-refractivity contribution in [3.05, 3.63) is 53.3 Å². The highest BCUT2D eigenvalue weighted by Crippen LogP contribution is 2.23. The van der Waals surface area contributed by atoms with E-state index in [2.05, 4.69) is 5.10 Å². The molecule has 0 aliphatic carbocycles. The van der Waals surface area contributed by atoms with Crippen LogP contribution in [0.3, 0.4) is 0 Å². The maximum absolute atomic E-state index is 13.6. The lowest BCUT2D eigenvalue weighted by atomic mass is 10.2. The average molecular weight is 317 g/mol. The molecule has 2 aromatic rings. The Hall–Kier alpha value is -2.21. The smallest absolute Gasteiger partial charge is 0.257 e. The van der Waals surface area contributed by atoms with Crippen molar-refractivity contribution in [2.45, 2.75) is 32.1 Å². The summed E-state index contributed by atoms with van der Waals surface area (Å²) >= 11 is 0. The molecular weight excluding hydrogens is 297 g/mol. The van der Waals surface area contributed by atoms with Crippen LogP contribution >= 0.6 is 0 Å². The van der Waals surface area contributed by atoms with E-state index < -0.39 is 12.2 Å². The van der Waals surface area contributed by atoms with Gasteiger partial charge in [-0.15, -0.1) is 0 Å². The molecule has 1 aromatic heterocycles. The normalized spacial score (nSPS) is 20.9. The Morgan fingerprint density at radius 1 is 1.39 bits per heavy atom. The number of aliphatic hydroxyl groups excluding tert-OH is 1. The summed E-state index contributed by atoms with van der Waals surface area (Å²) in [4.78, 5) is 14.1. The van der Waals surface area contributed by atoms with Crippen LogP contribution < -0.4 is 0 Å². The molecule has 2 atom stereocenters. The van der Waals surface area contributed by atoms with Gasteiger partial charge in [-0.1, -0.05) is 30.3 Å². The molecule has 1 aliphatic rings. The highest BCUT2D eigenvalue weighted by Gasteiger charge is 2.36. The Balaban J connectivity index is 1.80. The summed E-state index contributed by atoms with van der Waals surface area (Å²) in [6.07, 6.45) is 0.649. The molecule has 1 amide bonds. The first kappa shape index (κ1) is 15.7. The lowest BCUT2D eigenvalue weighted by molar-refractivity contribution is 0.0672. The predicted octanol–water partition coefficient (Wildman–Crippen LogP) is 1.78. The molecule has 1 N–H and O–H groups in total. The summed E-state index contributed by atoms with van der Waals surface area (Å²) in [7, 11) is 0. The van der Waals surface area contributed by atoms with Gasteiger partial charge < -0.3 is 10.0 Å². The van der Waals surface area contributed by atoms with Gasteiger partial charge in [-0.05, 0) is 12.5 Å². The van der Waals surface area contributed by atoms with Crippen molar-refractivity contribution in [1.82, 2.24) is 14.7 Å². The van der Waals surface area contributed by atoms with E-state index >= 15 is 0 Å². The third-order valence-electron chi connectivity index (χ3n) is 4.34. The number of carbonyl (C=O) groups excluding carboxylic acids is 1. The number of nitrogens with zero attached hydrogens (tertiary/aromatic N) is 3. The number of likely N-dealkylation sites (tertiary alicyclic amines) is 1. The Kier molecular flexibility index (Phi) is 4.43. The standard InChI is InChI=1S/C17H20FN3O2/c1-12-16(17(23)20-10-14(18)7-15(20)11-22)8-19-21(12)9-13-5-3-2-4-6-13/h2-6,8,14-15,22H,7,9-11H2,1H3/t14-,15-/m0/s1. The van der Waals surface area contributed by atoms with Gasteiger partial charge in [0.2, 0.25) is 0 Å². The van der Waals surface area contributed by atoms with E-state index in [9.17, 15) is 14.3 Å². The van der Waals surface area contributed by atoms with E-state index in [0.717, 1.165) is 11.3 Å². The minimum absolute atomic E-state index is 0.0351. The molecule has 0 bridgehead atoms. The molecular formula is C17H20FN3O2. The van der Waals surface area contributed by atoms with Crippen molar-refractivity contribution in [3.63, 3.8) is 0 Å². The maximum Gasteiger partial charge on any atom is 0.257 e. The number of carbonyl (C=O) groups is 1. The predicted molar refractivity (Wildman–Crippen MR) is 83.9 cm³/mol. The molecule has 2 heterocycles. The number of aliphatic hydroxyl groups is 1. The summed E-state index contributed by atoms with van der Waals surface area (Å²) in [6, 6.07) is 9.41. The molecule has 1 saturated heterocycles. The monoisotopic (exact) mass is 317 g/mol. The fraction of sp³-hybridized carbons (Fsp3) is 0.412. The van der Waals surface area contributed by atoms with Crippen LogP contribution in [0, 0.1) is 6.92 Å². The first-order valence-electron chi connectivity index (χ1n) is 7.72. The number of hydrogen-bond donors (Lipinski definition) is 1. The van der Waals surface area contributed by atoms with Crippen LogP contribution in [0.15, 0.2) is 36.5 Å². The van der Waals surface area contributed by atoms with Crippen molar-refractivity contribution in [1.29, 1.82) is 0 Å². The topological polar surface area (TPSA) is 58.4 Å². The summed E-state index contributed by atoms with van der Waals surface area (Å²) in [6.45, 7) is 2.23. The van der Waals surface area contributed by atoms with Crippen molar-refractivity contribution >= 4 is 5.91 Å². The molecule has 3 rings (SSSR count). The number of alkyl halides is 1. The number of halogens is 1. The van der Waals surface area contributed by atoms with Crippen molar-refractivity contribution in [3.8, 4) is 0 Å².